The summed E-state index contributed by atoms with van der Waals surface area (Å²) in [6.07, 6.45) is -1.59. The van der Waals surface area contributed by atoms with Crippen LogP contribution in [0.3, 0.4) is 0 Å². The number of benzene rings is 1. The van der Waals surface area contributed by atoms with Gasteiger partial charge in [-0.3, -0.25) is 9.59 Å². The highest BCUT2D eigenvalue weighted by atomic mass is 32.2. The van der Waals surface area contributed by atoms with Crippen molar-refractivity contribution in [2.45, 2.75) is 43.0 Å². The minimum atomic E-state index is -1.59. The number of thioether (sulfide) groups is 1. The van der Waals surface area contributed by atoms with Crippen LogP contribution in [0.4, 0.5) is 5.69 Å². The largest absolute Gasteiger partial charge is 0.508 e. The van der Waals surface area contributed by atoms with Crippen LogP contribution in [0.15, 0.2) is 24.3 Å². The summed E-state index contributed by atoms with van der Waals surface area (Å²) in [6, 6.07) is 5.07. The molecule has 9 heteroatoms. The number of aliphatic carboxylic acids is 1. The molecular weight excluding hydrogens is 372 g/mol. The predicted octanol–water partition coefficient (Wildman–Crippen LogP) is 0.869. The van der Waals surface area contributed by atoms with Crippen molar-refractivity contribution in [2.24, 2.45) is 5.92 Å². The number of β-lactam (4-membered cyclic amide) rings is 1. The van der Waals surface area contributed by atoms with Crippen molar-refractivity contribution in [3.8, 4) is 5.75 Å². The Kier molecular flexibility index (Phi) is 4.85. The maximum absolute atomic E-state index is 12.8. The second kappa shape index (κ2) is 6.72. The zero-order valence-corrected chi connectivity index (χ0v) is 16.0. The molecule has 2 heterocycles. The van der Waals surface area contributed by atoms with Crippen molar-refractivity contribution in [3.63, 3.8) is 0 Å². The van der Waals surface area contributed by atoms with Gasteiger partial charge in [-0.05, 0) is 32.9 Å². The molecule has 2 fully saturated rings. The molecule has 8 nitrogen and oxygen atoms in total. The van der Waals surface area contributed by atoms with Crippen LogP contribution >= 0.6 is 11.8 Å². The number of fused-ring (bicyclic) bond motifs is 1. The Hall–Kier alpha value is -2.26. The average molecular weight is 394 g/mol. The van der Waals surface area contributed by atoms with E-state index in [2.05, 4.69) is 0 Å². The molecule has 0 radical (unpaired) electrons. The lowest BCUT2D eigenvalue weighted by Crippen LogP contribution is -2.67. The van der Waals surface area contributed by atoms with Crippen molar-refractivity contribution in [1.82, 2.24) is 4.90 Å². The van der Waals surface area contributed by atoms with Gasteiger partial charge in [0.15, 0.2) is 0 Å². The topological polar surface area (TPSA) is 118 Å². The minimum Gasteiger partial charge on any atom is -0.508 e. The van der Waals surface area contributed by atoms with Gasteiger partial charge < -0.3 is 25.1 Å². The molecule has 146 valence electrons. The first-order valence-electron chi connectivity index (χ1n) is 8.61. The van der Waals surface area contributed by atoms with Crippen LogP contribution in [0, 0.1) is 5.92 Å². The zero-order valence-electron chi connectivity index (χ0n) is 15.2. The number of carbonyl (C=O) groups is 3. The van der Waals surface area contributed by atoms with Crippen LogP contribution in [-0.4, -0.2) is 66.8 Å². The van der Waals surface area contributed by atoms with E-state index in [1.165, 1.54) is 33.7 Å². The van der Waals surface area contributed by atoms with Crippen molar-refractivity contribution >= 4 is 35.2 Å². The molecule has 0 aromatic heterocycles. The summed E-state index contributed by atoms with van der Waals surface area (Å²) in [7, 11) is 0. The first-order chi connectivity index (χ1) is 12.6. The SMILES string of the molecule is CCN(C(=O)[C@@H](O)[C@@H]1C(=O)N2[C@@H]1SC(C)(C)[C@@H]2C(=O)O)c1cccc(O)c1. The molecule has 3 N–H and O–H groups in total. The standard InChI is InChI=1S/C18H22N2O6S/c1-4-19(9-6-5-7-10(21)8-9)15(24)12(22)11-14(23)20-13(17(25)26)18(2,3)27-16(11)20/h5-8,11-13,16,21-22H,4H2,1-3H3,(H,25,26)/t11-,12+,13+,16-/m1/s1. The summed E-state index contributed by atoms with van der Waals surface area (Å²) in [6.45, 7) is 5.43. The number of carbonyl (C=O) groups excluding carboxylic acids is 2. The molecule has 2 aliphatic heterocycles. The molecule has 2 aliphatic rings. The molecule has 0 spiro atoms. The van der Waals surface area contributed by atoms with Gasteiger partial charge in [0.2, 0.25) is 5.91 Å². The molecule has 27 heavy (non-hydrogen) atoms. The van der Waals surface area contributed by atoms with Gasteiger partial charge in [0, 0.05) is 23.0 Å². The number of hydrogen-bond acceptors (Lipinski definition) is 6. The number of aromatic hydroxyl groups is 1. The smallest absolute Gasteiger partial charge is 0.327 e. The molecule has 0 aliphatic carbocycles. The average Bonchev–Trinajstić information content (AvgIpc) is 2.83. The molecular formula is C18H22N2O6S. The van der Waals surface area contributed by atoms with Crippen LogP contribution in [0.1, 0.15) is 20.8 Å². The van der Waals surface area contributed by atoms with Crippen molar-refractivity contribution in [1.29, 1.82) is 0 Å². The molecule has 4 atom stereocenters. The Bertz CT molecular complexity index is 798. The van der Waals surface area contributed by atoms with Gasteiger partial charge in [-0.15, -0.1) is 11.8 Å². The molecule has 0 bridgehead atoms. The van der Waals surface area contributed by atoms with E-state index in [9.17, 15) is 29.7 Å². The van der Waals surface area contributed by atoms with E-state index in [4.69, 9.17) is 0 Å². The number of aliphatic hydroxyl groups is 1. The zero-order chi connectivity index (χ0) is 20.1. The Morgan fingerprint density at radius 3 is 2.59 bits per heavy atom. The van der Waals surface area contributed by atoms with E-state index in [-0.39, 0.29) is 12.3 Å². The van der Waals surface area contributed by atoms with Gasteiger partial charge in [0.05, 0.1) is 5.37 Å². The fourth-order valence-corrected chi connectivity index (χ4v) is 5.49. The van der Waals surface area contributed by atoms with Crippen molar-refractivity contribution < 1.29 is 29.7 Å². The number of likely N-dealkylation sites (N-methyl/N-ethyl adjacent to an activating group) is 1. The second-order valence-electron chi connectivity index (χ2n) is 7.17. The maximum Gasteiger partial charge on any atom is 0.327 e. The van der Waals surface area contributed by atoms with Gasteiger partial charge in [-0.2, -0.15) is 0 Å². The molecule has 1 aromatic carbocycles. The fraction of sp³-hybridized carbons (Fsp3) is 0.500. The van der Waals surface area contributed by atoms with Gasteiger partial charge in [-0.1, -0.05) is 6.07 Å². The Morgan fingerprint density at radius 2 is 2.04 bits per heavy atom. The first kappa shape index (κ1) is 19.5. The molecule has 1 aromatic rings. The minimum absolute atomic E-state index is 0.0171. The quantitative estimate of drug-likeness (QED) is 0.634. The summed E-state index contributed by atoms with van der Waals surface area (Å²) in [5, 5.41) is 29.1. The van der Waals surface area contributed by atoms with E-state index >= 15 is 0 Å². The van der Waals surface area contributed by atoms with E-state index in [1.54, 1.807) is 32.9 Å². The van der Waals surface area contributed by atoms with E-state index in [0.29, 0.717) is 5.69 Å². The number of carboxylic acid groups (broad SMARTS) is 1. The highest BCUT2D eigenvalue weighted by Crippen LogP contribution is 2.54. The van der Waals surface area contributed by atoms with Crippen LogP contribution in [0.25, 0.3) is 0 Å². The monoisotopic (exact) mass is 394 g/mol. The third-order valence-electron chi connectivity index (χ3n) is 5.03. The predicted molar refractivity (Wildman–Crippen MR) is 99.4 cm³/mol. The molecule has 3 rings (SSSR count). The van der Waals surface area contributed by atoms with Crippen LogP contribution in [-0.2, 0) is 14.4 Å². The van der Waals surface area contributed by atoms with Gasteiger partial charge in [0.1, 0.15) is 23.8 Å². The number of phenols is 1. The van der Waals surface area contributed by atoms with E-state index in [0.717, 1.165) is 0 Å². The first-order valence-corrected chi connectivity index (χ1v) is 9.49. The van der Waals surface area contributed by atoms with Gasteiger partial charge in [-0.25, -0.2) is 4.79 Å². The van der Waals surface area contributed by atoms with E-state index in [1.807, 2.05) is 0 Å². The Morgan fingerprint density at radius 1 is 1.37 bits per heavy atom. The van der Waals surface area contributed by atoms with Crippen LogP contribution in [0.2, 0.25) is 0 Å². The summed E-state index contributed by atoms with van der Waals surface area (Å²) < 4.78 is -0.723. The maximum atomic E-state index is 12.8. The number of anilines is 1. The highest BCUT2D eigenvalue weighted by Gasteiger charge is 2.66. The fourth-order valence-electron chi connectivity index (χ4n) is 3.77. The summed E-state index contributed by atoms with van der Waals surface area (Å²) in [5.74, 6) is -3.29. The van der Waals surface area contributed by atoms with Crippen LogP contribution in [0.5, 0.6) is 5.75 Å². The van der Waals surface area contributed by atoms with Crippen molar-refractivity contribution in [3.05, 3.63) is 24.3 Å². The van der Waals surface area contributed by atoms with E-state index < -0.39 is 46.0 Å². The van der Waals surface area contributed by atoms with Gasteiger partial charge in [0.25, 0.3) is 5.91 Å². The summed E-state index contributed by atoms with van der Waals surface area (Å²) in [4.78, 5) is 39.5. The number of rotatable bonds is 5. The summed E-state index contributed by atoms with van der Waals surface area (Å²) in [5.41, 5.74) is 0.410. The normalized spacial score (nSPS) is 26.9. The molecule has 0 saturated carbocycles. The number of aliphatic hydroxyl groups excluding tert-OH is 1. The highest BCUT2D eigenvalue weighted by molar-refractivity contribution is 8.01. The number of hydrogen-bond donors (Lipinski definition) is 3. The Balaban J connectivity index is 1.82. The second-order valence-corrected chi connectivity index (χ2v) is 8.94. The van der Waals surface area contributed by atoms with Crippen LogP contribution < -0.4 is 4.90 Å². The third-order valence-corrected chi connectivity index (χ3v) is 6.63. The summed E-state index contributed by atoms with van der Waals surface area (Å²) >= 11 is 1.28. The number of carboxylic acids is 1. The number of amides is 2. The van der Waals surface area contributed by atoms with Gasteiger partial charge >= 0.3 is 5.97 Å². The molecule has 0 unspecified atom stereocenters. The lowest BCUT2D eigenvalue weighted by atomic mass is 9.87. The van der Waals surface area contributed by atoms with Crippen molar-refractivity contribution in [2.75, 3.05) is 11.4 Å². The molecule has 2 saturated heterocycles. The lowest BCUT2D eigenvalue weighted by molar-refractivity contribution is -0.170. The number of nitrogens with zero attached hydrogens (tertiary/aromatic N) is 2. The lowest BCUT2D eigenvalue weighted by Gasteiger charge is -2.45. The molecule has 2 amide bonds. The Labute approximate surface area is 160 Å². The number of phenolic OH excluding ortho intramolecular Hbond substituents is 1. The third kappa shape index (κ3) is 3.04.